The average molecular weight is 373 g/mol. The highest BCUT2D eigenvalue weighted by Crippen LogP contribution is 2.33. The Morgan fingerprint density at radius 1 is 1.19 bits per heavy atom. The monoisotopic (exact) mass is 373 g/mol. The third kappa shape index (κ3) is 4.31. The van der Waals surface area contributed by atoms with Gasteiger partial charge in [-0.15, -0.1) is 0 Å². The number of amides is 3. The van der Waals surface area contributed by atoms with E-state index < -0.39 is 0 Å². The van der Waals surface area contributed by atoms with Crippen LogP contribution in [0.1, 0.15) is 47.5 Å². The highest BCUT2D eigenvalue weighted by Gasteiger charge is 2.34. The molecule has 3 unspecified atom stereocenters. The molecule has 1 heterocycles. The number of benzene rings is 1. The zero-order valence-corrected chi connectivity index (χ0v) is 17.0. The minimum Gasteiger partial charge on any atom is -0.336 e. The van der Waals surface area contributed by atoms with Crippen molar-refractivity contribution >= 4 is 29.6 Å². The summed E-state index contributed by atoms with van der Waals surface area (Å²) in [5.74, 6) is -0.571. The first-order chi connectivity index (χ1) is 12.8. The average Bonchev–Trinajstić information content (AvgIpc) is 2.78. The number of nitrogens with zero attached hydrogens (tertiary/aromatic N) is 3. The van der Waals surface area contributed by atoms with Crippen LogP contribution >= 0.6 is 0 Å². The van der Waals surface area contributed by atoms with Gasteiger partial charge in [0.05, 0.1) is 17.3 Å². The van der Waals surface area contributed by atoms with E-state index in [4.69, 9.17) is 0 Å². The summed E-state index contributed by atoms with van der Waals surface area (Å²) >= 11 is 0. The highest BCUT2D eigenvalue weighted by atomic mass is 16.2. The number of carbonyl (C=O) groups is 3. The topological polar surface area (TPSA) is 60.9 Å². The summed E-state index contributed by atoms with van der Waals surface area (Å²) in [5, 5.41) is 0. The van der Waals surface area contributed by atoms with Crippen LogP contribution in [-0.4, -0.2) is 48.3 Å². The van der Waals surface area contributed by atoms with Gasteiger partial charge in [-0.25, -0.2) is 0 Å². The summed E-state index contributed by atoms with van der Waals surface area (Å²) in [6.07, 6.45) is 2.46. The van der Waals surface area contributed by atoms with E-state index >= 15 is 0 Å². The van der Waals surface area contributed by atoms with Crippen molar-refractivity contribution in [1.29, 1.82) is 0 Å². The molecule has 0 aromatic heterocycles. The second-order valence-electron chi connectivity index (χ2n) is 7.39. The van der Waals surface area contributed by atoms with Gasteiger partial charge in [-0.05, 0) is 38.8 Å². The van der Waals surface area contributed by atoms with Crippen molar-refractivity contribution in [3.63, 3.8) is 0 Å². The molecule has 6 nitrogen and oxygen atoms in total. The number of para-hydroxylation sites is 2. The molecular formula is C21H31N3O3. The first-order valence-electron chi connectivity index (χ1n) is 9.79. The Morgan fingerprint density at radius 2 is 1.74 bits per heavy atom. The van der Waals surface area contributed by atoms with Gasteiger partial charge in [-0.3, -0.25) is 14.4 Å². The standard InChI is InChI=1S/C21H31N3O3/c1-6-16(4)24(17(5)7-2)20(26)13-23-19-11-9-8-10-18(19)22(14-25)12-15(3)21(23)27/h8-11,14-17H,6-7,12-13H2,1-5H3. The van der Waals surface area contributed by atoms with Crippen LogP contribution in [0, 0.1) is 5.92 Å². The van der Waals surface area contributed by atoms with Gasteiger partial charge in [-0.2, -0.15) is 0 Å². The summed E-state index contributed by atoms with van der Waals surface area (Å²) in [5.41, 5.74) is 1.28. The van der Waals surface area contributed by atoms with Gasteiger partial charge in [0.15, 0.2) is 0 Å². The summed E-state index contributed by atoms with van der Waals surface area (Å²) in [6.45, 7) is 10.3. The van der Waals surface area contributed by atoms with Crippen LogP contribution in [0.2, 0.25) is 0 Å². The maximum atomic E-state index is 13.2. The van der Waals surface area contributed by atoms with Crippen LogP contribution in [0.3, 0.4) is 0 Å². The van der Waals surface area contributed by atoms with Gasteiger partial charge < -0.3 is 14.7 Å². The van der Waals surface area contributed by atoms with E-state index in [2.05, 4.69) is 13.8 Å². The van der Waals surface area contributed by atoms with Crippen molar-refractivity contribution in [2.24, 2.45) is 5.92 Å². The van der Waals surface area contributed by atoms with Crippen LogP contribution in [0.25, 0.3) is 0 Å². The Balaban J connectivity index is 2.40. The lowest BCUT2D eigenvalue weighted by Gasteiger charge is -2.36. The molecule has 0 bridgehead atoms. The first kappa shape index (κ1) is 20.9. The maximum absolute atomic E-state index is 13.2. The molecule has 0 fully saturated rings. The second-order valence-corrected chi connectivity index (χ2v) is 7.39. The highest BCUT2D eigenvalue weighted by molar-refractivity contribution is 6.05. The number of rotatable bonds is 7. The van der Waals surface area contributed by atoms with Crippen LogP contribution in [0.5, 0.6) is 0 Å². The van der Waals surface area contributed by atoms with Gasteiger partial charge in [0, 0.05) is 18.6 Å². The molecule has 148 valence electrons. The predicted octanol–water partition coefficient (Wildman–Crippen LogP) is 3.06. The van der Waals surface area contributed by atoms with Crippen molar-refractivity contribution in [2.75, 3.05) is 22.9 Å². The zero-order chi connectivity index (χ0) is 20.1. The van der Waals surface area contributed by atoms with Crippen molar-refractivity contribution in [2.45, 2.75) is 59.5 Å². The molecule has 1 aliphatic heterocycles. The summed E-state index contributed by atoms with van der Waals surface area (Å²) in [4.78, 5) is 42.7. The molecule has 2 rings (SSSR count). The number of anilines is 2. The quantitative estimate of drug-likeness (QED) is 0.690. The normalized spacial score (nSPS) is 19.1. The van der Waals surface area contributed by atoms with E-state index in [0.717, 1.165) is 19.3 Å². The van der Waals surface area contributed by atoms with Gasteiger partial charge in [0.2, 0.25) is 18.2 Å². The van der Waals surface area contributed by atoms with Crippen molar-refractivity contribution in [3.05, 3.63) is 24.3 Å². The number of hydrogen-bond donors (Lipinski definition) is 0. The number of fused-ring (bicyclic) bond motifs is 1. The Kier molecular flexibility index (Phi) is 6.99. The summed E-state index contributed by atoms with van der Waals surface area (Å²) < 4.78 is 0. The lowest BCUT2D eigenvalue weighted by molar-refractivity contribution is -0.135. The number of carbonyl (C=O) groups excluding carboxylic acids is 3. The van der Waals surface area contributed by atoms with Gasteiger partial charge in [0.1, 0.15) is 6.54 Å². The largest absolute Gasteiger partial charge is 0.336 e. The van der Waals surface area contributed by atoms with E-state index in [0.29, 0.717) is 17.9 Å². The van der Waals surface area contributed by atoms with Gasteiger partial charge >= 0.3 is 0 Å². The molecule has 1 aromatic carbocycles. The molecule has 3 atom stereocenters. The molecule has 1 aromatic rings. The van der Waals surface area contributed by atoms with E-state index in [-0.39, 0.29) is 36.4 Å². The SMILES string of the molecule is CCC(C)N(C(=O)CN1C(=O)C(C)CN(C=O)c2ccccc21)C(C)CC. The summed E-state index contributed by atoms with van der Waals surface area (Å²) in [6, 6.07) is 7.48. The maximum Gasteiger partial charge on any atom is 0.243 e. The third-order valence-corrected chi connectivity index (χ3v) is 5.48. The lowest BCUT2D eigenvalue weighted by atomic mass is 10.1. The summed E-state index contributed by atoms with van der Waals surface area (Å²) in [7, 11) is 0. The van der Waals surface area contributed by atoms with Crippen molar-refractivity contribution in [3.8, 4) is 0 Å². The van der Waals surface area contributed by atoms with Gasteiger partial charge in [-0.1, -0.05) is 32.9 Å². The van der Waals surface area contributed by atoms with Crippen LogP contribution in [0.4, 0.5) is 11.4 Å². The zero-order valence-electron chi connectivity index (χ0n) is 17.0. The number of hydrogen-bond acceptors (Lipinski definition) is 3. The fourth-order valence-corrected chi connectivity index (χ4v) is 3.59. The second kappa shape index (κ2) is 9.02. The molecule has 0 aliphatic carbocycles. The molecule has 3 amide bonds. The Bertz CT molecular complexity index is 681. The van der Waals surface area contributed by atoms with Crippen LogP contribution in [0.15, 0.2) is 24.3 Å². The minimum atomic E-state index is -0.379. The molecule has 0 saturated heterocycles. The van der Waals surface area contributed by atoms with Crippen LogP contribution in [-0.2, 0) is 14.4 Å². The smallest absolute Gasteiger partial charge is 0.243 e. The lowest BCUT2D eigenvalue weighted by Crippen LogP contribution is -2.50. The Hall–Kier alpha value is -2.37. The Labute approximate surface area is 162 Å². The van der Waals surface area contributed by atoms with Crippen molar-refractivity contribution < 1.29 is 14.4 Å². The fraction of sp³-hybridized carbons (Fsp3) is 0.571. The molecular weight excluding hydrogens is 342 g/mol. The molecule has 27 heavy (non-hydrogen) atoms. The van der Waals surface area contributed by atoms with E-state index in [1.807, 2.05) is 36.9 Å². The molecule has 0 saturated carbocycles. The molecule has 6 heteroatoms. The van der Waals surface area contributed by atoms with Crippen molar-refractivity contribution in [1.82, 2.24) is 4.90 Å². The Morgan fingerprint density at radius 3 is 2.26 bits per heavy atom. The van der Waals surface area contributed by atoms with E-state index in [1.54, 1.807) is 22.8 Å². The minimum absolute atomic E-state index is 0.0123. The van der Waals surface area contributed by atoms with E-state index in [1.165, 1.54) is 0 Å². The third-order valence-electron chi connectivity index (χ3n) is 5.48. The van der Waals surface area contributed by atoms with E-state index in [9.17, 15) is 14.4 Å². The molecule has 0 spiro atoms. The predicted molar refractivity (Wildman–Crippen MR) is 108 cm³/mol. The molecule has 1 aliphatic rings. The van der Waals surface area contributed by atoms with Crippen LogP contribution < -0.4 is 9.80 Å². The fourth-order valence-electron chi connectivity index (χ4n) is 3.59. The molecule has 0 radical (unpaired) electrons. The first-order valence-corrected chi connectivity index (χ1v) is 9.79. The van der Waals surface area contributed by atoms with Gasteiger partial charge in [0.25, 0.3) is 0 Å². The molecule has 0 N–H and O–H groups in total.